The van der Waals surface area contributed by atoms with Crippen LogP contribution in [0, 0.1) is 11.8 Å². The van der Waals surface area contributed by atoms with Crippen LogP contribution in [0.15, 0.2) is 24.3 Å². The van der Waals surface area contributed by atoms with Gasteiger partial charge in [0.05, 0.1) is 43.0 Å². The molecule has 58 heavy (non-hydrogen) atoms. The van der Waals surface area contributed by atoms with E-state index in [1.165, 1.54) is 7.11 Å². The predicted molar refractivity (Wildman–Crippen MR) is 210 cm³/mol. The molecule has 0 aromatic carbocycles. The van der Waals surface area contributed by atoms with Crippen molar-refractivity contribution >= 4 is 24.2 Å². The van der Waals surface area contributed by atoms with Gasteiger partial charge in [0.25, 0.3) is 0 Å². The van der Waals surface area contributed by atoms with Crippen molar-refractivity contribution in [1.29, 1.82) is 0 Å². The van der Waals surface area contributed by atoms with Gasteiger partial charge in [-0.05, 0) is 66.5 Å². The zero-order chi connectivity index (χ0) is 43.3. The van der Waals surface area contributed by atoms with Crippen molar-refractivity contribution in [2.24, 2.45) is 11.8 Å². The number of cyclic esters (lactones) is 1. The molecule has 3 aliphatic rings. The molecular formula is C42H69NO15. The Balaban J connectivity index is 1.95. The van der Waals surface area contributed by atoms with Gasteiger partial charge in [-0.2, -0.15) is 0 Å². The predicted octanol–water partition coefficient (Wildman–Crippen LogP) is 3.16. The number of esters is 3. The highest BCUT2D eigenvalue weighted by Crippen LogP contribution is 2.39. The lowest BCUT2D eigenvalue weighted by Gasteiger charge is -2.50. The van der Waals surface area contributed by atoms with Crippen molar-refractivity contribution in [2.75, 3.05) is 21.2 Å². The summed E-state index contributed by atoms with van der Waals surface area (Å²) in [5.41, 5.74) is -1.30. The van der Waals surface area contributed by atoms with Gasteiger partial charge < -0.3 is 62.9 Å². The first-order chi connectivity index (χ1) is 27.4. The van der Waals surface area contributed by atoms with Gasteiger partial charge in [0, 0.05) is 39.2 Å². The number of hydrogen-bond acceptors (Lipinski definition) is 16. The topological polar surface area (TPSA) is 206 Å². The number of likely N-dealkylation sites (N-methyl/N-ethyl adjacent to an activating group) is 1. The first kappa shape index (κ1) is 49.6. The maximum absolute atomic E-state index is 12.9. The van der Waals surface area contributed by atoms with Crippen LogP contribution < -0.4 is 0 Å². The third-order valence-corrected chi connectivity index (χ3v) is 11.1. The second-order valence-corrected chi connectivity index (χ2v) is 16.3. The Hall–Kier alpha value is -2.80. The van der Waals surface area contributed by atoms with Gasteiger partial charge in [0.15, 0.2) is 24.3 Å². The van der Waals surface area contributed by atoms with Gasteiger partial charge in [-0.3, -0.25) is 14.4 Å². The lowest BCUT2D eigenvalue weighted by Crippen LogP contribution is -2.66. The standard InChI is InChI=1S/C42H69NO15/c1-11-16-32(48)55-40-27(6)53-34(23-42(40,7)58-31(47)12-2)56-37-26(5)54-41(36(50)35(37)43(8)9)57-38-28(19-20-44)21-24(3)29(45)18-15-13-14-17-25(4)52-33(49)22-30(46)39(38)51-10/h13-15,18,20,24-30,34-41,45-46,50H,11-12,16-17,19,21-23H2,1-10H3/b14-13-,18-15-/t24-,25-,26-,27-,28+,29+,30-,34+,35+,36+,37+,38+,39-,40+,41+,42-/m0/s1. The number of aliphatic hydroxyl groups is 3. The maximum Gasteiger partial charge on any atom is 0.308 e. The van der Waals surface area contributed by atoms with Gasteiger partial charge in [-0.15, -0.1) is 0 Å². The largest absolute Gasteiger partial charge is 0.462 e. The van der Waals surface area contributed by atoms with Crippen molar-refractivity contribution in [3.05, 3.63) is 24.3 Å². The number of hydrogen-bond donors (Lipinski definition) is 3. The van der Waals surface area contributed by atoms with Crippen molar-refractivity contribution in [1.82, 2.24) is 4.90 Å². The Morgan fingerprint density at radius 3 is 2.31 bits per heavy atom. The van der Waals surface area contributed by atoms with Gasteiger partial charge >= 0.3 is 17.9 Å². The number of carbonyl (C=O) groups excluding carboxylic acids is 4. The van der Waals surface area contributed by atoms with E-state index >= 15 is 0 Å². The summed E-state index contributed by atoms with van der Waals surface area (Å²) in [6.07, 6.45) is -3.49. The molecule has 3 aliphatic heterocycles. The molecule has 3 N–H and O–H groups in total. The molecule has 3 rings (SSSR count). The molecule has 0 amide bonds. The molecule has 332 valence electrons. The molecule has 3 heterocycles. The summed E-state index contributed by atoms with van der Waals surface area (Å²) < 4.78 is 48.8. The van der Waals surface area contributed by atoms with E-state index in [0.29, 0.717) is 19.1 Å². The molecule has 0 radical (unpaired) electrons. The molecule has 0 bridgehead atoms. The van der Waals surface area contributed by atoms with Crippen molar-refractivity contribution in [3.63, 3.8) is 0 Å². The van der Waals surface area contributed by atoms with Crippen LogP contribution in [0.1, 0.15) is 99.8 Å². The summed E-state index contributed by atoms with van der Waals surface area (Å²) >= 11 is 0. The number of methoxy groups -OCH3 is 1. The zero-order valence-corrected chi connectivity index (χ0v) is 35.9. The summed E-state index contributed by atoms with van der Waals surface area (Å²) in [4.78, 5) is 52.1. The van der Waals surface area contributed by atoms with Crippen LogP contribution >= 0.6 is 0 Å². The lowest BCUT2D eigenvalue weighted by atomic mass is 9.82. The van der Waals surface area contributed by atoms with Gasteiger partial charge in [-0.1, -0.05) is 45.1 Å². The average Bonchev–Trinajstić information content (AvgIpc) is 3.13. The van der Waals surface area contributed by atoms with E-state index in [1.807, 2.05) is 19.9 Å². The molecule has 16 heteroatoms. The van der Waals surface area contributed by atoms with Gasteiger partial charge in [0.2, 0.25) is 0 Å². The minimum Gasteiger partial charge on any atom is -0.462 e. The van der Waals surface area contributed by atoms with E-state index < -0.39 is 116 Å². The molecule has 0 aliphatic carbocycles. The number of aliphatic hydroxyl groups excluding tert-OH is 3. The maximum atomic E-state index is 12.9. The first-order valence-electron chi connectivity index (χ1n) is 20.6. The number of allylic oxidation sites excluding steroid dienone is 2. The minimum atomic E-state index is -1.45. The Morgan fingerprint density at radius 2 is 1.69 bits per heavy atom. The number of nitrogens with zero attached hydrogens (tertiary/aromatic N) is 1. The van der Waals surface area contributed by atoms with Crippen LogP contribution in [0.3, 0.4) is 0 Å². The molecule has 16 nitrogen and oxygen atoms in total. The van der Waals surface area contributed by atoms with E-state index in [4.69, 9.17) is 37.9 Å². The normalized spacial score (nSPS) is 40.6. The van der Waals surface area contributed by atoms with Crippen molar-refractivity contribution < 1.29 is 72.4 Å². The van der Waals surface area contributed by atoms with Crippen molar-refractivity contribution in [2.45, 2.75) is 185 Å². The van der Waals surface area contributed by atoms with Crippen LogP contribution in [0.5, 0.6) is 0 Å². The number of carbonyl (C=O) groups is 4. The minimum absolute atomic E-state index is 0.00608. The Morgan fingerprint density at radius 1 is 0.983 bits per heavy atom. The molecule has 0 saturated carbocycles. The summed E-state index contributed by atoms with van der Waals surface area (Å²) in [7, 11) is 4.85. The van der Waals surface area contributed by atoms with E-state index in [0.717, 1.165) is 0 Å². The summed E-state index contributed by atoms with van der Waals surface area (Å²) in [5.74, 6) is -2.64. The zero-order valence-electron chi connectivity index (χ0n) is 35.9. The number of aldehydes is 1. The Labute approximate surface area is 343 Å². The fourth-order valence-corrected chi connectivity index (χ4v) is 8.07. The highest BCUT2D eigenvalue weighted by molar-refractivity contribution is 5.71. The third-order valence-electron chi connectivity index (χ3n) is 11.1. The van der Waals surface area contributed by atoms with Gasteiger partial charge in [0.1, 0.15) is 30.7 Å². The van der Waals surface area contributed by atoms with Crippen LogP contribution in [0.2, 0.25) is 0 Å². The van der Waals surface area contributed by atoms with Gasteiger partial charge in [-0.25, -0.2) is 0 Å². The average molecular weight is 828 g/mol. The van der Waals surface area contributed by atoms with E-state index in [2.05, 4.69) is 0 Å². The van der Waals surface area contributed by atoms with Crippen molar-refractivity contribution in [3.8, 4) is 0 Å². The number of rotatable bonds is 13. The molecule has 2 fully saturated rings. The van der Waals surface area contributed by atoms with Crippen LogP contribution in [-0.2, 0) is 57.1 Å². The smallest absolute Gasteiger partial charge is 0.308 e. The monoisotopic (exact) mass is 827 g/mol. The quantitative estimate of drug-likeness (QED) is 0.139. The van der Waals surface area contributed by atoms with E-state index in [-0.39, 0.29) is 38.0 Å². The third kappa shape index (κ3) is 13.6. The van der Waals surface area contributed by atoms with Crippen LogP contribution in [0.25, 0.3) is 0 Å². The molecule has 2 saturated heterocycles. The SMILES string of the molecule is CCCC(=O)O[C@@H]1[C@H](C)O[C@H](O[C@H]2[C@H](N(C)C)[C@@H](O)[C@@H](O[C@@H]3[C@H](CC=O)C[C@H](C)[C@H](O)/C=C\C=C/C[C@H](C)OC(=O)C[C@H](O)[C@@H]3OC)O[C@H]2C)C[C@]1(C)OC(=O)CC. The highest BCUT2D eigenvalue weighted by atomic mass is 16.7. The summed E-state index contributed by atoms with van der Waals surface area (Å²) in [6.45, 7) is 12.2. The van der Waals surface area contributed by atoms with E-state index in [1.54, 1.807) is 71.8 Å². The Kier molecular flexibility index (Phi) is 19.9. The fourth-order valence-electron chi connectivity index (χ4n) is 8.07. The lowest BCUT2D eigenvalue weighted by molar-refractivity contribution is -0.344. The Bertz CT molecular complexity index is 1380. The first-order valence-corrected chi connectivity index (χ1v) is 20.6. The molecule has 0 spiro atoms. The highest BCUT2D eigenvalue weighted by Gasteiger charge is 2.54. The number of ether oxygens (including phenoxy) is 8. The molecule has 0 unspecified atom stereocenters. The van der Waals surface area contributed by atoms with E-state index in [9.17, 15) is 34.5 Å². The van der Waals surface area contributed by atoms with Crippen LogP contribution in [-0.4, -0.2) is 151 Å². The second kappa shape index (κ2) is 23.3. The van der Waals surface area contributed by atoms with Crippen LogP contribution in [0.4, 0.5) is 0 Å². The second-order valence-electron chi connectivity index (χ2n) is 16.3. The molecule has 16 atom stereocenters. The summed E-state index contributed by atoms with van der Waals surface area (Å²) in [6, 6.07) is -0.783. The summed E-state index contributed by atoms with van der Waals surface area (Å²) in [5, 5.41) is 34.5. The molecule has 0 aromatic rings. The molecular weight excluding hydrogens is 758 g/mol. The fraction of sp³-hybridized carbons (Fsp3) is 0.810. The molecule has 0 aromatic heterocycles.